The van der Waals surface area contributed by atoms with Crippen molar-refractivity contribution < 1.29 is 17.9 Å². The highest BCUT2D eigenvalue weighted by Crippen LogP contribution is 2.36. The van der Waals surface area contributed by atoms with Gasteiger partial charge in [-0.25, -0.2) is 13.2 Å². The zero-order chi connectivity index (χ0) is 20.8. The van der Waals surface area contributed by atoms with E-state index >= 15 is 0 Å². The minimum absolute atomic E-state index is 0.00342. The van der Waals surface area contributed by atoms with Gasteiger partial charge in [0.25, 0.3) is 0 Å². The molecule has 0 aromatic heterocycles. The van der Waals surface area contributed by atoms with E-state index in [2.05, 4.69) is 0 Å². The van der Waals surface area contributed by atoms with Crippen molar-refractivity contribution in [3.05, 3.63) is 57.6 Å². The van der Waals surface area contributed by atoms with E-state index in [9.17, 15) is 13.2 Å². The van der Waals surface area contributed by atoms with Crippen molar-refractivity contribution in [2.24, 2.45) is 0 Å². The van der Waals surface area contributed by atoms with Crippen LogP contribution in [0, 0.1) is 6.92 Å². The first kappa shape index (κ1) is 20.5. The van der Waals surface area contributed by atoms with Crippen LogP contribution in [0.2, 0.25) is 10.0 Å². The van der Waals surface area contributed by atoms with Crippen LogP contribution in [0.25, 0.3) is 0 Å². The summed E-state index contributed by atoms with van der Waals surface area (Å²) >= 11 is 12.1. The molecule has 1 fully saturated rings. The van der Waals surface area contributed by atoms with Gasteiger partial charge in [0.05, 0.1) is 10.7 Å². The molecule has 0 unspecified atom stereocenters. The third-order valence-electron chi connectivity index (χ3n) is 5.41. The van der Waals surface area contributed by atoms with Crippen LogP contribution in [0.15, 0.2) is 41.3 Å². The van der Waals surface area contributed by atoms with E-state index in [4.69, 9.17) is 27.9 Å². The molecule has 2 aromatic carbocycles. The maximum Gasteiger partial charge on any atom is 0.414 e. The first-order valence-electron chi connectivity index (χ1n) is 9.28. The lowest BCUT2D eigenvalue weighted by Crippen LogP contribution is -2.50. The summed E-state index contributed by atoms with van der Waals surface area (Å²) in [5.41, 5.74) is 2.84. The van der Waals surface area contributed by atoms with E-state index in [-0.39, 0.29) is 41.7 Å². The van der Waals surface area contributed by atoms with E-state index in [1.165, 1.54) is 16.4 Å². The molecule has 0 saturated carbocycles. The van der Waals surface area contributed by atoms with Crippen LogP contribution in [0.5, 0.6) is 0 Å². The second-order valence-electron chi connectivity index (χ2n) is 7.22. The molecular formula is C20H20Cl2N2O4S. The van der Waals surface area contributed by atoms with Gasteiger partial charge in [-0.1, -0.05) is 41.4 Å². The lowest BCUT2D eigenvalue weighted by atomic mass is 10.00. The molecule has 0 bridgehead atoms. The number of amides is 1. The number of carbonyl (C=O) groups is 1. The Balaban J connectivity index is 1.56. The normalized spacial score (nSPS) is 18.4. The minimum Gasteiger partial charge on any atom is -0.444 e. The summed E-state index contributed by atoms with van der Waals surface area (Å²) in [4.78, 5) is 14.2. The molecule has 29 heavy (non-hydrogen) atoms. The van der Waals surface area contributed by atoms with Crippen LogP contribution in [-0.2, 0) is 21.4 Å². The average Bonchev–Trinajstić information content (AvgIpc) is 2.70. The van der Waals surface area contributed by atoms with Crippen molar-refractivity contribution in [3.63, 3.8) is 0 Å². The molecule has 0 N–H and O–H groups in total. The topological polar surface area (TPSA) is 66.9 Å². The third-order valence-corrected chi connectivity index (χ3v) is 8.03. The Morgan fingerprint density at radius 2 is 1.83 bits per heavy atom. The van der Waals surface area contributed by atoms with Crippen molar-refractivity contribution in [2.45, 2.75) is 37.3 Å². The monoisotopic (exact) mass is 454 g/mol. The number of cyclic esters (lactones) is 1. The van der Waals surface area contributed by atoms with Crippen LogP contribution in [-0.4, -0.2) is 37.9 Å². The summed E-state index contributed by atoms with van der Waals surface area (Å²) in [6.45, 7) is 2.78. The number of fused-ring (bicyclic) bond motifs is 1. The Morgan fingerprint density at radius 3 is 2.55 bits per heavy atom. The largest absolute Gasteiger partial charge is 0.444 e. The van der Waals surface area contributed by atoms with Crippen molar-refractivity contribution >= 4 is 45.0 Å². The second-order valence-corrected chi connectivity index (χ2v) is 9.97. The number of sulfonamides is 1. The second kappa shape index (κ2) is 7.80. The fourth-order valence-electron chi connectivity index (χ4n) is 3.97. The average molecular weight is 455 g/mol. The number of hydrogen-bond acceptors (Lipinski definition) is 4. The maximum atomic E-state index is 13.0. The van der Waals surface area contributed by atoms with Crippen molar-refractivity contribution in [3.8, 4) is 0 Å². The highest BCUT2D eigenvalue weighted by molar-refractivity contribution is 7.89. The number of halogens is 2. The maximum absolute atomic E-state index is 13.0. The fourth-order valence-corrected chi connectivity index (χ4v) is 6.17. The molecule has 0 aliphatic carbocycles. The van der Waals surface area contributed by atoms with Crippen LogP contribution >= 0.6 is 23.2 Å². The Hall–Kier alpha value is -1.80. The van der Waals surface area contributed by atoms with Gasteiger partial charge < -0.3 is 4.74 Å². The molecule has 154 valence electrons. The number of piperidine rings is 1. The smallest absolute Gasteiger partial charge is 0.414 e. The molecule has 9 heteroatoms. The number of ether oxygens (including phenoxy) is 1. The van der Waals surface area contributed by atoms with Gasteiger partial charge in [0.15, 0.2) is 0 Å². The molecule has 0 atom stereocenters. The Labute approximate surface area is 180 Å². The van der Waals surface area contributed by atoms with Gasteiger partial charge in [-0.3, -0.25) is 4.90 Å². The van der Waals surface area contributed by atoms with Gasteiger partial charge in [0, 0.05) is 29.7 Å². The number of para-hydroxylation sites is 1. The molecule has 1 saturated heterocycles. The van der Waals surface area contributed by atoms with E-state index in [0.717, 1.165) is 16.8 Å². The van der Waals surface area contributed by atoms with Gasteiger partial charge in [-0.2, -0.15) is 4.31 Å². The van der Waals surface area contributed by atoms with Crippen LogP contribution in [0.4, 0.5) is 10.5 Å². The lowest BCUT2D eigenvalue weighted by molar-refractivity contribution is 0.135. The van der Waals surface area contributed by atoms with E-state index in [1.807, 2.05) is 25.1 Å². The molecule has 2 aliphatic heterocycles. The molecule has 1 amide bonds. The first-order valence-corrected chi connectivity index (χ1v) is 11.5. The number of benzene rings is 2. The Morgan fingerprint density at radius 1 is 1.10 bits per heavy atom. The van der Waals surface area contributed by atoms with Gasteiger partial charge in [-0.15, -0.1) is 0 Å². The van der Waals surface area contributed by atoms with Gasteiger partial charge in [-0.05, 0) is 43.5 Å². The summed E-state index contributed by atoms with van der Waals surface area (Å²) in [7, 11) is -3.77. The Kier molecular flexibility index (Phi) is 5.50. The van der Waals surface area contributed by atoms with Crippen LogP contribution < -0.4 is 4.90 Å². The van der Waals surface area contributed by atoms with Crippen molar-refractivity contribution in [2.75, 3.05) is 18.0 Å². The third kappa shape index (κ3) is 3.72. The number of aryl methyl sites for hydroxylation is 1. The highest BCUT2D eigenvalue weighted by atomic mass is 35.5. The molecular weight excluding hydrogens is 435 g/mol. The van der Waals surface area contributed by atoms with E-state index in [0.29, 0.717) is 17.9 Å². The predicted octanol–water partition coefficient (Wildman–Crippen LogP) is 4.61. The zero-order valence-corrected chi connectivity index (χ0v) is 18.1. The number of rotatable bonds is 3. The summed E-state index contributed by atoms with van der Waals surface area (Å²) in [6.07, 6.45) is 0.617. The molecule has 2 heterocycles. The number of hydrogen-bond donors (Lipinski definition) is 0. The van der Waals surface area contributed by atoms with Crippen LogP contribution in [0.3, 0.4) is 0 Å². The number of carbonyl (C=O) groups excluding carboxylic acids is 1. The summed E-state index contributed by atoms with van der Waals surface area (Å²) < 4.78 is 32.8. The van der Waals surface area contributed by atoms with Crippen molar-refractivity contribution in [1.82, 2.24) is 4.31 Å². The van der Waals surface area contributed by atoms with Gasteiger partial charge >= 0.3 is 6.09 Å². The molecule has 2 aliphatic rings. The molecule has 6 nitrogen and oxygen atoms in total. The van der Waals surface area contributed by atoms with E-state index < -0.39 is 10.0 Å². The predicted molar refractivity (Wildman–Crippen MR) is 112 cm³/mol. The first-order chi connectivity index (χ1) is 13.8. The minimum atomic E-state index is -3.77. The lowest BCUT2D eigenvalue weighted by Gasteiger charge is -2.40. The highest BCUT2D eigenvalue weighted by Gasteiger charge is 2.38. The van der Waals surface area contributed by atoms with Crippen LogP contribution in [0.1, 0.15) is 24.0 Å². The summed E-state index contributed by atoms with van der Waals surface area (Å²) in [5, 5.41) is 0.451. The molecule has 0 spiro atoms. The Bertz CT molecular complexity index is 1070. The quantitative estimate of drug-likeness (QED) is 0.678. The molecule has 4 rings (SSSR count). The van der Waals surface area contributed by atoms with E-state index in [1.54, 1.807) is 11.0 Å². The number of nitrogens with zero attached hydrogens (tertiary/aromatic N) is 2. The molecule has 2 aromatic rings. The van der Waals surface area contributed by atoms with Gasteiger partial charge in [0.1, 0.15) is 11.5 Å². The SMILES string of the molecule is Cc1cccc2c1N(C1CCN(S(=O)(=O)c3cc(Cl)ccc3Cl)CC1)C(=O)OC2. The van der Waals surface area contributed by atoms with Crippen molar-refractivity contribution in [1.29, 1.82) is 0 Å². The summed E-state index contributed by atoms with van der Waals surface area (Å²) in [5.74, 6) is 0. The van der Waals surface area contributed by atoms with Gasteiger partial charge in [0.2, 0.25) is 10.0 Å². The standard InChI is InChI=1S/C20H20Cl2N2O4S/c1-13-3-2-4-14-12-28-20(25)24(19(13)14)16-7-9-23(10-8-16)29(26,27)18-11-15(21)5-6-17(18)22/h2-6,11,16H,7-10,12H2,1H3. The molecule has 0 radical (unpaired) electrons. The zero-order valence-electron chi connectivity index (χ0n) is 15.8. The summed E-state index contributed by atoms with van der Waals surface area (Å²) in [6, 6.07) is 10.1. The number of anilines is 1. The fraction of sp³-hybridized carbons (Fsp3) is 0.350.